The first-order chi connectivity index (χ1) is 10.6. The minimum absolute atomic E-state index is 0.0838. The average molecular weight is 324 g/mol. The Kier molecular flexibility index (Phi) is 4.08. The van der Waals surface area contributed by atoms with Gasteiger partial charge in [-0.2, -0.15) is 0 Å². The number of hydrogen-bond acceptors (Lipinski definition) is 6. The topological polar surface area (TPSA) is 61.8 Å². The molecule has 22 heavy (non-hydrogen) atoms. The maximum Gasteiger partial charge on any atom is 0.349 e. The van der Waals surface area contributed by atoms with E-state index < -0.39 is 23.9 Å². The van der Waals surface area contributed by atoms with Crippen molar-refractivity contribution in [2.24, 2.45) is 0 Å². The predicted octanol–water partition coefficient (Wildman–Crippen LogP) is 2.66. The number of cyclic esters (lactones) is 1. The molecule has 0 radical (unpaired) electrons. The molecule has 1 aromatic carbocycles. The fraction of sp³-hybridized carbons (Fsp3) is 0.333. The third kappa shape index (κ3) is 2.57. The molecule has 0 amide bonds. The highest BCUT2D eigenvalue weighted by Gasteiger charge is 2.32. The van der Waals surface area contributed by atoms with Crippen molar-refractivity contribution < 1.29 is 28.2 Å². The molecule has 1 atom stereocenters. The van der Waals surface area contributed by atoms with Gasteiger partial charge in [-0.25, -0.2) is 14.0 Å². The van der Waals surface area contributed by atoms with Gasteiger partial charge in [-0.1, -0.05) is 6.07 Å². The van der Waals surface area contributed by atoms with Crippen LogP contribution in [-0.2, 0) is 25.6 Å². The van der Waals surface area contributed by atoms with E-state index >= 15 is 0 Å². The van der Waals surface area contributed by atoms with Crippen molar-refractivity contribution in [3.63, 3.8) is 0 Å². The van der Waals surface area contributed by atoms with Crippen LogP contribution in [-0.4, -0.2) is 31.8 Å². The van der Waals surface area contributed by atoms with Crippen molar-refractivity contribution in [3.8, 4) is 0 Å². The smallest absolute Gasteiger partial charge is 0.349 e. The van der Waals surface area contributed by atoms with Crippen LogP contribution in [0.3, 0.4) is 0 Å². The standard InChI is InChI=1S/C15H13FO5S/c1-19-7-8-12-9(16)3-2-4-11(12)22-13(8)15(18)21-10-5-6-20-14(10)17/h2-4,10H,5-7H2,1H3/t10-/m0/s1. The van der Waals surface area contributed by atoms with E-state index in [9.17, 15) is 14.0 Å². The molecule has 1 aliphatic heterocycles. The molecule has 0 aliphatic carbocycles. The van der Waals surface area contributed by atoms with E-state index in [1.165, 1.54) is 13.2 Å². The van der Waals surface area contributed by atoms with Gasteiger partial charge < -0.3 is 14.2 Å². The molecular weight excluding hydrogens is 311 g/mol. The number of benzene rings is 1. The maximum absolute atomic E-state index is 14.0. The number of methoxy groups -OCH3 is 1. The van der Waals surface area contributed by atoms with Crippen LogP contribution in [0.5, 0.6) is 0 Å². The lowest BCUT2D eigenvalue weighted by Gasteiger charge is -2.08. The Balaban J connectivity index is 1.98. The lowest BCUT2D eigenvalue weighted by Crippen LogP contribution is -2.22. The number of carbonyl (C=O) groups excluding carboxylic acids is 2. The summed E-state index contributed by atoms with van der Waals surface area (Å²) < 4.78 is 29.7. The summed E-state index contributed by atoms with van der Waals surface area (Å²) >= 11 is 1.12. The minimum Gasteiger partial charge on any atom is -0.463 e. The molecule has 5 nitrogen and oxygen atoms in total. The Morgan fingerprint density at radius 3 is 3.00 bits per heavy atom. The van der Waals surface area contributed by atoms with Gasteiger partial charge in [0.15, 0.2) is 0 Å². The van der Waals surface area contributed by atoms with Gasteiger partial charge in [0.2, 0.25) is 6.10 Å². The summed E-state index contributed by atoms with van der Waals surface area (Å²) in [5.74, 6) is -1.62. The number of thiophene rings is 1. The Labute approximate surface area is 129 Å². The van der Waals surface area contributed by atoms with E-state index in [1.807, 2.05) is 0 Å². The highest BCUT2D eigenvalue weighted by Crippen LogP contribution is 2.34. The number of ether oxygens (including phenoxy) is 3. The van der Waals surface area contributed by atoms with Crippen LogP contribution < -0.4 is 0 Å². The largest absolute Gasteiger partial charge is 0.463 e. The summed E-state index contributed by atoms with van der Waals surface area (Å²) in [5, 5.41) is 0.357. The fourth-order valence-electron chi connectivity index (χ4n) is 2.38. The van der Waals surface area contributed by atoms with Gasteiger partial charge in [-0.05, 0) is 12.1 Å². The van der Waals surface area contributed by atoms with E-state index in [1.54, 1.807) is 12.1 Å². The molecule has 116 valence electrons. The molecule has 3 rings (SSSR count). The summed E-state index contributed by atoms with van der Waals surface area (Å²) in [6.45, 7) is 0.323. The average Bonchev–Trinajstić information content (AvgIpc) is 3.05. The quantitative estimate of drug-likeness (QED) is 0.809. The number of rotatable bonds is 4. The molecule has 2 heterocycles. The number of halogens is 1. The number of fused-ring (bicyclic) bond motifs is 1. The van der Waals surface area contributed by atoms with Gasteiger partial charge in [-0.15, -0.1) is 11.3 Å². The molecule has 2 aromatic rings. The van der Waals surface area contributed by atoms with Gasteiger partial charge in [0.1, 0.15) is 10.7 Å². The van der Waals surface area contributed by atoms with Gasteiger partial charge in [-0.3, -0.25) is 0 Å². The minimum atomic E-state index is -0.891. The van der Waals surface area contributed by atoms with Gasteiger partial charge in [0.05, 0.1) is 13.2 Å². The second-order valence-corrected chi connectivity index (χ2v) is 5.86. The normalized spacial score (nSPS) is 17.7. The molecule has 1 fully saturated rings. The van der Waals surface area contributed by atoms with Gasteiger partial charge >= 0.3 is 11.9 Å². The van der Waals surface area contributed by atoms with Crippen molar-refractivity contribution >= 4 is 33.4 Å². The zero-order valence-electron chi connectivity index (χ0n) is 11.8. The predicted molar refractivity (Wildman–Crippen MR) is 77.3 cm³/mol. The third-order valence-corrected chi connectivity index (χ3v) is 4.55. The highest BCUT2D eigenvalue weighted by molar-refractivity contribution is 7.21. The molecule has 0 saturated carbocycles. The first-order valence-electron chi connectivity index (χ1n) is 6.68. The first-order valence-corrected chi connectivity index (χ1v) is 7.50. The zero-order valence-corrected chi connectivity index (χ0v) is 12.6. The summed E-state index contributed by atoms with van der Waals surface area (Å²) in [6, 6.07) is 4.63. The monoisotopic (exact) mass is 324 g/mol. The van der Waals surface area contributed by atoms with Crippen molar-refractivity contribution in [2.45, 2.75) is 19.1 Å². The summed E-state index contributed by atoms with van der Waals surface area (Å²) in [5.41, 5.74) is 0.442. The van der Waals surface area contributed by atoms with Crippen molar-refractivity contribution in [1.82, 2.24) is 0 Å². The molecule has 0 unspecified atom stereocenters. The number of esters is 2. The van der Waals surface area contributed by atoms with Crippen molar-refractivity contribution in [1.29, 1.82) is 0 Å². The third-order valence-electron chi connectivity index (χ3n) is 3.37. The zero-order chi connectivity index (χ0) is 15.7. The Morgan fingerprint density at radius 2 is 2.32 bits per heavy atom. The van der Waals surface area contributed by atoms with E-state index in [-0.39, 0.29) is 18.1 Å². The van der Waals surface area contributed by atoms with Crippen LogP contribution in [0.15, 0.2) is 18.2 Å². The Hall–Kier alpha value is -1.99. The first kappa shape index (κ1) is 14.9. The van der Waals surface area contributed by atoms with Crippen molar-refractivity contribution in [3.05, 3.63) is 34.5 Å². The van der Waals surface area contributed by atoms with Crippen LogP contribution >= 0.6 is 11.3 Å². The van der Waals surface area contributed by atoms with Crippen LogP contribution in [0, 0.1) is 5.82 Å². The molecule has 0 N–H and O–H groups in total. The van der Waals surface area contributed by atoms with E-state index in [0.29, 0.717) is 22.1 Å². The molecule has 0 bridgehead atoms. The van der Waals surface area contributed by atoms with Gasteiger partial charge in [0.25, 0.3) is 0 Å². The summed E-state index contributed by atoms with van der Waals surface area (Å²) in [4.78, 5) is 24.0. The molecular formula is C15H13FO5S. The number of carbonyl (C=O) groups is 2. The molecule has 1 aromatic heterocycles. The summed E-state index contributed by atoms with van der Waals surface area (Å²) in [6.07, 6.45) is -0.554. The van der Waals surface area contributed by atoms with Crippen molar-refractivity contribution in [2.75, 3.05) is 13.7 Å². The lowest BCUT2D eigenvalue weighted by molar-refractivity contribution is -0.145. The Morgan fingerprint density at radius 1 is 1.50 bits per heavy atom. The summed E-state index contributed by atoms with van der Waals surface area (Å²) in [7, 11) is 1.47. The van der Waals surface area contributed by atoms with E-state index in [0.717, 1.165) is 11.3 Å². The molecule has 1 saturated heterocycles. The molecule has 1 aliphatic rings. The molecule has 0 spiro atoms. The number of hydrogen-bond donors (Lipinski definition) is 0. The Bertz CT molecular complexity index is 739. The van der Waals surface area contributed by atoms with Crippen LogP contribution in [0.4, 0.5) is 4.39 Å². The van der Waals surface area contributed by atoms with Crippen LogP contribution in [0.25, 0.3) is 10.1 Å². The second-order valence-electron chi connectivity index (χ2n) is 4.81. The van der Waals surface area contributed by atoms with Crippen LogP contribution in [0.1, 0.15) is 21.7 Å². The SMILES string of the molecule is COCc1c(C(=O)O[C@H]2CCOC2=O)sc2cccc(F)c12. The highest BCUT2D eigenvalue weighted by atomic mass is 32.1. The second kappa shape index (κ2) is 6.02. The molecule has 7 heteroatoms. The van der Waals surface area contributed by atoms with E-state index in [2.05, 4.69) is 0 Å². The van der Waals surface area contributed by atoms with Crippen LogP contribution in [0.2, 0.25) is 0 Å². The van der Waals surface area contributed by atoms with Gasteiger partial charge in [0, 0.05) is 29.2 Å². The maximum atomic E-state index is 14.0. The fourth-order valence-corrected chi connectivity index (χ4v) is 3.49. The van der Waals surface area contributed by atoms with E-state index in [4.69, 9.17) is 14.2 Å². The lowest BCUT2D eigenvalue weighted by atomic mass is 10.1.